The Labute approximate surface area is 140 Å². The zero-order valence-corrected chi connectivity index (χ0v) is 14.0. The molecule has 0 aliphatic carbocycles. The molecule has 1 heterocycles. The zero-order chi connectivity index (χ0) is 17.3. The van der Waals surface area contributed by atoms with Crippen molar-refractivity contribution in [3.05, 3.63) is 75.1 Å². The molecule has 0 saturated carbocycles. The Morgan fingerprint density at radius 2 is 1.83 bits per heavy atom. The third kappa shape index (κ3) is 3.08. The third-order valence-electron chi connectivity index (χ3n) is 4.19. The number of fused-ring (bicyclic) bond motifs is 1. The second kappa shape index (κ2) is 6.32. The zero-order valence-electron chi connectivity index (χ0n) is 14.0. The van der Waals surface area contributed by atoms with E-state index in [0.29, 0.717) is 16.7 Å². The highest BCUT2D eigenvalue weighted by atomic mass is 16.3. The Morgan fingerprint density at radius 1 is 1.04 bits per heavy atom. The molecule has 4 heteroatoms. The molecule has 4 nitrogen and oxygen atoms in total. The first kappa shape index (κ1) is 16.0. The molecule has 2 aromatic carbocycles. The van der Waals surface area contributed by atoms with E-state index in [-0.39, 0.29) is 11.2 Å². The summed E-state index contributed by atoms with van der Waals surface area (Å²) in [5.41, 5.74) is 4.17. The quantitative estimate of drug-likeness (QED) is 0.785. The van der Waals surface area contributed by atoms with Crippen molar-refractivity contribution in [1.82, 2.24) is 0 Å². The van der Waals surface area contributed by atoms with E-state index < -0.39 is 5.91 Å². The topological polar surface area (TPSA) is 59.3 Å². The number of hydrogen-bond donors (Lipinski definition) is 1. The van der Waals surface area contributed by atoms with Gasteiger partial charge in [-0.1, -0.05) is 19.1 Å². The van der Waals surface area contributed by atoms with Crippen LogP contribution >= 0.6 is 0 Å². The molecule has 0 fully saturated rings. The van der Waals surface area contributed by atoms with Crippen molar-refractivity contribution in [1.29, 1.82) is 0 Å². The normalized spacial score (nSPS) is 10.8. The van der Waals surface area contributed by atoms with E-state index in [4.69, 9.17) is 4.42 Å². The van der Waals surface area contributed by atoms with E-state index >= 15 is 0 Å². The van der Waals surface area contributed by atoms with Crippen LogP contribution < -0.4 is 10.7 Å². The van der Waals surface area contributed by atoms with Crippen molar-refractivity contribution in [3.8, 4) is 0 Å². The molecule has 0 radical (unpaired) electrons. The van der Waals surface area contributed by atoms with Gasteiger partial charge in [0.1, 0.15) is 5.58 Å². The summed E-state index contributed by atoms with van der Waals surface area (Å²) in [7, 11) is 0. The molecule has 0 bridgehead atoms. The van der Waals surface area contributed by atoms with Gasteiger partial charge in [-0.25, -0.2) is 0 Å². The fourth-order valence-electron chi connectivity index (χ4n) is 2.55. The first-order valence-electron chi connectivity index (χ1n) is 7.93. The first-order chi connectivity index (χ1) is 11.5. The molecule has 24 heavy (non-hydrogen) atoms. The van der Waals surface area contributed by atoms with Crippen LogP contribution in [0.1, 0.15) is 34.2 Å². The summed E-state index contributed by atoms with van der Waals surface area (Å²) < 4.78 is 5.62. The predicted octanol–water partition coefficient (Wildman–Crippen LogP) is 4.22. The molecule has 1 N–H and O–H groups in total. The third-order valence-corrected chi connectivity index (χ3v) is 4.19. The highest BCUT2D eigenvalue weighted by Gasteiger charge is 2.13. The molecular weight excluding hydrogens is 302 g/mol. The molecule has 0 spiro atoms. The van der Waals surface area contributed by atoms with E-state index in [2.05, 4.69) is 5.32 Å². The standard InChI is InChI=1S/C20H19NO3/c1-4-14-6-8-18-16(10-14)17(22)11-19(24-18)20(23)21-15-7-5-12(2)13(3)9-15/h5-11H,4H2,1-3H3,(H,21,23). The summed E-state index contributed by atoms with van der Waals surface area (Å²) >= 11 is 0. The second-order valence-corrected chi connectivity index (χ2v) is 5.91. The lowest BCUT2D eigenvalue weighted by atomic mass is 10.1. The van der Waals surface area contributed by atoms with Gasteiger partial charge >= 0.3 is 0 Å². The van der Waals surface area contributed by atoms with Crippen LogP contribution in [0.15, 0.2) is 51.7 Å². The maximum absolute atomic E-state index is 12.4. The van der Waals surface area contributed by atoms with Gasteiger partial charge in [0.25, 0.3) is 5.91 Å². The van der Waals surface area contributed by atoms with E-state index in [1.165, 1.54) is 6.07 Å². The van der Waals surface area contributed by atoms with Crippen LogP contribution in [0.5, 0.6) is 0 Å². The van der Waals surface area contributed by atoms with Crippen molar-refractivity contribution in [2.24, 2.45) is 0 Å². The summed E-state index contributed by atoms with van der Waals surface area (Å²) in [6, 6.07) is 12.4. The van der Waals surface area contributed by atoms with Crippen molar-refractivity contribution in [3.63, 3.8) is 0 Å². The van der Waals surface area contributed by atoms with Crippen LogP contribution in [0, 0.1) is 13.8 Å². The average Bonchev–Trinajstić information content (AvgIpc) is 2.57. The fraction of sp³-hybridized carbons (Fsp3) is 0.200. The summed E-state index contributed by atoms with van der Waals surface area (Å²) in [5, 5.41) is 3.27. The van der Waals surface area contributed by atoms with Crippen molar-refractivity contribution in [2.45, 2.75) is 27.2 Å². The van der Waals surface area contributed by atoms with Crippen LogP contribution in [0.4, 0.5) is 5.69 Å². The summed E-state index contributed by atoms with van der Waals surface area (Å²) in [6.45, 7) is 6.01. The number of carbonyl (C=O) groups is 1. The highest BCUT2D eigenvalue weighted by molar-refractivity contribution is 6.03. The Bertz CT molecular complexity index is 986. The lowest BCUT2D eigenvalue weighted by molar-refractivity contribution is 0.0997. The van der Waals surface area contributed by atoms with Gasteiger partial charge in [0.15, 0.2) is 11.2 Å². The number of carbonyl (C=O) groups excluding carboxylic acids is 1. The van der Waals surface area contributed by atoms with Gasteiger partial charge in [-0.15, -0.1) is 0 Å². The summed E-state index contributed by atoms with van der Waals surface area (Å²) in [5.74, 6) is -0.424. The van der Waals surface area contributed by atoms with E-state index in [1.54, 1.807) is 6.07 Å². The molecular formula is C20H19NO3. The number of amides is 1. The van der Waals surface area contributed by atoms with Crippen LogP contribution in [0.2, 0.25) is 0 Å². The van der Waals surface area contributed by atoms with E-state index in [9.17, 15) is 9.59 Å². The van der Waals surface area contributed by atoms with Gasteiger partial charge < -0.3 is 9.73 Å². The number of benzene rings is 2. The lowest BCUT2D eigenvalue weighted by Crippen LogP contribution is -2.15. The molecule has 0 atom stereocenters. The molecule has 1 aromatic heterocycles. The number of anilines is 1. The van der Waals surface area contributed by atoms with Gasteiger partial charge in [0.2, 0.25) is 0 Å². The van der Waals surface area contributed by atoms with Gasteiger partial charge in [0, 0.05) is 11.8 Å². The number of rotatable bonds is 3. The largest absolute Gasteiger partial charge is 0.451 e. The monoisotopic (exact) mass is 321 g/mol. The molecule has 0 aliphatic rings. The fourth-order valence-corrected chi connectivity index (χ4v) is 2.55. The maximum Gasteiger partial charge on any atom is 0.291 e. The lowest BCUT2D eigenvalue weighted by Gasteiger charge is -2.08. The SMILES string of the molecule is CCc1ccc2oc(C(=O)Nc3ccc(C)c(C)c3)cc(=O)c2c1. The van der Waals surface area contributed by atoms with Crippen LogP contribution in [0.25, 0.3) is 11.0 Å². The van der Waals surface area contributed by atoms with Crippen LogP contribution in [-0.4, -0.2) is 5.91 Å². The molecule has 122 valence electrons. The Hall–Kier alpha value is -2.88. The summed E-state index contributed by atoms with van der Waals surface area (Å²) in [4.78, 5) is 24.7. The van der Waals surface area contributed by atoms with Gasteiger partial charge in [0.05, 0.1) is 5.39 Å². The Morgan fingerprint density at radius 3 is 2.54 bits per heavy atom. The molecule has 0 unspecified atom stereocenters. The van der Waals surface area contributed by atoms with Crippen LogP contribution in [0.3, 0.4) is 0 Å². The molecule has 0 saturated heterocycles. The van der Waals surface area contributed by atoms with E-state index in [0.717, 1.165) is 23.1 Å². The van der Waals surface area contributed by atoms with Crippen molar-refractivity contribution < 1.29 is 9.21 Å². The van der Waals surface area contributed by atoms with Gasteiger partial charge in [-0.3, -0.25) is 9.59 Å². The van der Waals surface area contributed by atoms with E-state index in [1.807, 2.05) is 51.1 Å². The van der Waals surface area contributed by atoms with Gasteiger partial charge in [-0.05, 0) is 61.2 Å². The van der Waals surface area contributed by atoms with Crippen LogP contribution in [-0.2, 0) is 6.42 Å². The smallest absolute Gasteiger partial charge is 0.291 e. The highest BCUT2D eigenvalue weighted by Crippen LogP contribution is 2.18. The minimum absolute atomic E-state index is 0.00924. The number of nitrogens with one attached hydrogen (secondary N) is 1. The molecule has 1 amide bonds. The minimum Gasteiger partial charge on any atom is -0.451 e. The summed E-state index contributed by atoms with van der Waals surface area (Å²) in [6.07, 6.45) is 0.838. The maximum atomic E-state index is 12.4. The minimum atomic E-state index is -0.433. The average molecular weight is 321 g/mol. The Balaban J connectivity index is 1.95. The molecule has 3 aromatic rings. The molecule has 3 rings (SSSR count). The number of aryl methyl sites for hydroxylation is 3. The van der Waals surface area contributed by atoms with Crippen molar-refractivity contribution >= 4 is 22.6 Å². The predicted molar refractivity (Wildman–Crippen MR) is 95.7 cm³/mol. The second-order valence-electron chi connectivity index (χ2n) is 5.91. The van der Waals surface area contributed by atoms with Crippen molar-refractivity contribution in [2.75, 3.05) is 5.32 Å². The molecule has 0 aliphatic heterocycles. The Kier molecular flexibility index (Phi) is 4.21. The number of hydrogen-bond acceptors (Lipinski definition) is 3. The first-order valence-corrected chi connectivity index (χ1v) is 7.93. The van der Waals surface area contributed by atoms with Gasteiger partial charge in [-0.2, -0.15) is 0 Å².